The van der Waals surface area contributed by atoms with Gasteiger partial charge >= 0.3 is 0 Å². The number of carbonyl (C=O) groups is 1. The lowest BCUT2D eigenvalue weighted by Crippen LogP contribution is -2.27. The molecule has 0 spiro atoms. The van der Waals surface area contributed by atoms with Crippen molar-refractivity contribution in [3.63, 3.8) is 0 Å². The minimum atomic E-state index is -0.0410. The van der Waals surface area contributed by atoms with Crippen LogP contribution in [0.25, 0.3) is 0 Å². The third-order valence-electron chi connectivity index (χ3n) is 4.19. The highest BCUT2D eigenvalue weighted by atomic mass is 16.5. The molecule has 2 aromatic rings. The van der Waals surface area contributed by atoms with Gasteiger partial charge in [0.15, 0.2) is 0 Å². The van der Waals surface area contributed by atoms with E-state index >= 15 is 0 Å². The lowest BCUT2D eigenvalue weighted by molar-refractivity contribution is -0.120. The Morgan fingerprint density at radius 3 is 2.58 bits per heavy atom. The normalized spacial score (nSPS) is 10.5. The Labute approximate surface area is 142 Å². The zero-order valence-corrected chi connectivity index (χ0v) is 15.0. The molecule has 0 radical (unpaired) electrons. The van der Waals surface area contributed by atoms with E-state index < -0.39 is 0 Å². The summed E-state index contributed by atoms with van der Waals surface area (Å²) in [4.78, 5) is 12.2. The summed E-state index contributed by atoms with van der Waals surface area (Å²) < 4.78 is 12.4. The van der Waals surface area contributed by atoms with Gasteiger partial charge in [-0.2, -0.15) is 5.10 Å². The predicted molar refractivity (Wildman–Crippen MR) is 92.6 cm³/mol. The van der Waals surface area contributed by atoms with E-state index in [1.165, 1.54) is 5.56 Å². The molecule has 130 valence electrons. The average molecular weight is 331 g/mol. The van der Waals surface area contributed by atoms with Crippen molar-refractivity contribution >= 4 is 5.91 Å². The van der Waals surface area contributed by atoms with Crippen LogP contribution in [0.4, 0.5) is 0 Å². The van der Waals surface area contributed by atoms with Crippen LogP contribution in [0.2, 0.25) is 0 Å². The minimum Gasteiger partial charge on any atom is -0.497 e. The van der Waals surface area contributed by atoms with Crippen LogP contribution < -0.4 is 14.8 Å². The highest BCUT2D eigenvalue weighted by Crippen LogP contribution is 2.24. The fourth-order valence-electron chi connectivity index (χ4n) is 2.76. The summed E-state index contributed by atoms with van der Waals surface area (Å²) in [6, 6.07) is 5.45. The summed E-state index contributed by atoms with van der Waals surface area (Å²) in [5.41, 5.74) is 4.15. The maximum Gasteiger partial charge on any atom is 0.224 e. The van der Waals surface area contributed by atoms with Gasteiger partial charge < -0.3 is 14.8 Å². The largest absolute Gasteiger partial charge is 0.497 e. The second kappa shape index (κ2) is 7.86. The number of nitrogens with zero attached hydrogens (tertiary/aromatic N) is 2. The van der Waals surface area contributed by atoms with E-state index in [2.05, 4.69) is 10.4 Å². The quantitative estimate of drug-likeness (QED) is 0.842. The first-order valence-electron chi connectivity index (χ1n) is 7.93. The van der Waals surface area contributed by atoms with Crippen molar-refractivity contribution in [2.75, 3.05) is 20.8 Å². The molecule has 0 bridgehead atoms. The molecule has 0 unspecified atom stereocenters. The highest BCUT2D eigenvalue weighted by molar-refractivity contribution is 5.79. The lowest BCUT2D eigenvalue weighted by Gasteiger charge is -2.11. The molecule has 0 aliphatic carbocycles. The molecule has 6 heteroatoms. The van der Waals surface area contributed by atoms with Crippen molar-refractivity contribution in [2.45, 2.75) is 26.7 Å². The van der Waals surface area contributed by atoms with Crippen LogP contribution >= 0.6 is 0 Å². The molecule has 6 nitrogen and oxygen atoms in total. The van der Waals surface area contributed by atoms with Crippen molar-refractivity contribution in [1.82, 2.24) is 15.1 Å². The number of aromatic nitrogens is 2. The van der Waals surface area contributed by atoms with Crippen LogP contribution in [0.3, 0.4) is 0 Å². The molecule has 1 N–H and O–H groups in total. The first-order chi connectivity index (χ1) is 11.5. The highest BCUT2D eigenvalue weighted by Gasteiger charge is 2.12. The first-order valence-corrected chi connectivity index (χ1v) is 7.93. The van der Waals surface area contributed by atoms with Gasteiger partial charge in [-0.05, 0) is 44.0 Å². The minimum absolute atomic E-state index is 0.0410. The van der Waals surface area contributed by atoms with E-state index in [9.17, 15) is 4.79 Å². The second-order valence-corrected chi connectivity index (χ2v) is 5.73. The van der Waals surface area contributed by atoms with Gasteiger partial charge in [0, 0.05) is 24.8 Å². The van der Waals surface area contributed by atoms with Crippen LogP contribution in [0.15, 0.2) is 18.2 Å². The number of ether oxygens (including phenoxy) is 2. The predicted octanol–water partition coefficient (Wildman–Crippen LogP) is 1.96. The average Bonchev–Trinajstić information content (AvgIpc) is 2.80. The zero-order chi connectivity index (χ0) is 17.7. The van der Waals surface area contributed by atoms with Crippen molar-refractivity contribution in [3.8, 4) is 11.5 Å². The van der Waals surface area contributed by atoms with E-state index in [-0.39, 0.29) is 12.3 Å². The van der Waals surface area contributed by atoms with Gasteiger partial charge in [0.05, 0.1) is 26.3 Å². The molecular formula is C18H25N3O3. The number of rotatable bonds is 7. The molecule has 0 saturated carbocycles. The van der Waals surface area contributed by atoms with Crippen molar-refractivity contribution in [3.05, 3.63) is 40.7 Å². The van der Waals surface area contributed by atoms with Crippen molar-refractivity contribution < 1.29 is 14.3 Å². The van der Waals surface area contributed by atoms with E-state index in [1.807, 2.05) is 43.8 Å². The Hall–Kier alpha value is -2.50. The molecule has 0 aliphatic rings. The van der Waals surface area contributed by atoms with Crippen molar-refractivity contribution in [2.24, 2.45) is 7.05 Å². The third kappa shape index (κ3) is 4.07. The number of amides is 1. The Morgan fingerprint density at radius 1 is 1.25 bits per heavy atom. The number of carbonyl (C=O) groups excluding carboxylic acids is 1. The summed E-state index contributed by atoms with van der Waals surface area (Å²) >= 11 is 0. The molecule has 2 rings (SSSR count). The molecule has 1 aromatic carbocycles. The van der Waals surface area contributed by atoms with Crippen LogP contribution in [-0.2, 0) is 24.7 Å². The number of hydrogen-bond acceptors (Lipinski definition) is 4. The monoisotopic (exact) mass is 331 g/mol. The molecule has 0 saturated heterocycles. The summed E-state index contributed by atoms with van der Waals surface area (Å²) in [5.74, 6) is 1.35. The van der Waals surface area contributed by atoms with Gasteiger partial charge in [-0.15, -0.1) is 0 Å². The fourth-order valence-corrected chi connectivity index (χ4v) is 2.76. The molecule has 24 heavy (non-hydrogen) atoms. The van der Waals surface area contributed by atoms with Gasteiger partial charge in [-0.3, -0.25) is 9.48 Å². The van der Waals surface area contributed by atoms with Crippen LogP contribution in [-0.4, -0.2) is 36.5 Å². The molecule has 0 aliphatic heterocycles. The van der Waals surface area contributed by atoms with E-state index in [1.54, 1.807) is 14.2 Å². The maximum atomic E-state index is 12.2. The van der Waals surface area contributed by atoms with Crippen LogP contribution in [0.5, 0.6) is 11.5 Å². The van der Waals surface area contributed by atoms with Crippen molar-refractivity contribution in [1.29, 1.82) is 0 Å². The Balaban J connectivity index is 1.94. The van der Waals surface area contributed by atoms with E-state index in [0.717, 1.165) is 23.4 Å². The fraction of sp³-hybridized carbons (Fsp3) is 0.444. The molecule has 1 heterocycles. The lowest BCUT2D eigenvalue weighted by atomic mass is 10.1. The number of aryl methyl sites for hydroxylation is 2. The Morgan fingerprint density at radius 2 is 2.00 bits per heavy atom. The first kappa shape index (κ1) is 17.8. The zero-order valence-electron chi connectivity index (χ0n) is 15.0. The summed E-state index contributed by atoms with van der Waals surface area (Å²) in [5, 5.41) is 7.35. The van der Waals surface area contributed by atoms with E-state index in [0.29, 0.717) is 18.0 Å². The molecule has 1 aromatic heterocycles. The number of benzene rings is 1. The standard InChI is InChI=1S/C18H25N3O3/c1-12-16(13(2)21(3)20-12)8-9-19-18(22)11-14-10-15(23-4)6-7-17(14)24-5/h6-7,10H,8-9,11H2,1-5H3,(H,19,22). The molecule has 1 amide bonds. The summed E-state index contributed by atoms with van der Waals surface area (Å²) in [7, 11) is 5.13. The Bertz CT molecular complexity index is 723. The summed E-state index contributed by atoms with van der Waals surface area (Å²) in [6.45, 7) is 4.61. The molecule has 0 fully saturated rings. The number of nitrogens with one attached hydrogen (secondary N) is 1. The van der Waals surface area contributed by atoms with Crippen LogP contribution in [0.1, 0.15) is 22.5 Å². The van der Waals surface area contributed by atoms with Crippen LogP contribution in [0, 0.1) is 13.8 Å². The third-order valence-corrected chi connectivity index (χ3v) is 4.19. The molecular weight excluding hydrogens is 306 g/mol. The van der Waals surface area contributed by atoms with Gasteiger partial charge in [-0.25, -0.2) is 0 Å². The summed E-state index contributed by atoms with van der Waals surface area (Å²) in [6.07, 6.45) is 1.03. The second-order valence-electron chi connectivity index (χ2n) is 5.73. The Kier molecular flexibility index (Phi) is 5.84. The SMILES string of the molecule is COc1ccc(OC)c(CC(=O)NCCc2c(C)nn(C)c2C)c1. The van der Waals surface area contributed by atoms with Gasteiger partial charge in [0.1, 0.15) is 11.5 Å². The van der Waals surface area contributed by atoms with Gasteiger partial charge in [0.25, 0.3) is 0 Å². The van der Waals surface area contributed by atoms with E-state index in [4.69, 9.17) is 9.47 Å². The number of hydrogen-bond donors (Lipinski definition) is 1. The molecule has 0 atom stereocenters. The number of methoxy groups -OCH3 is 2. The smallest absolute Gasteiger partial charge is 0.224 e. The maximum absolute atomic E-state index is 12.2. The topological polar surface area (TPSA) is 65.4 Å². The van der Waals surface area contributed by atoms with Gasteiger partial charge in [-0.1, -0.05) is 0 Å². The van der Waals surface area contributed by atoms with Gasteiger partial charge in [0.2, 0.25) is 5.91 Å².